The van der Waals surface area contributed by atoms with Gasteiger partial charge in [0.05, 0.1) is 12.5 Å². The summed E-state index contributed by atoms with van der Waals surface area (Å²) < 4.78 is 8.54. The van der Waals surface area contributed by atoms with Gasteiger partial charge >= 0.3 is 5.97 Å². The van der Waals surface area contributed by atoms with Gasteiger partial charge in [-0.2, -0.15) is 0 Å². The van der Waals surface area contributed by atoms with E-state index in [9.17, 15) is 4.79 Å². The summed E-state index contributed by atoms with van der Waals surface area (Å²) >= 11 is 16.7. The Hall–Kier alpha value is -0.190. The lowest BCUT2D eigenvalue weighted by Gasteiger charge is -2.18. The van der Waals surface area contributed by atoms with E-state index in [0.29, 0.717) is 19.4 Å². The number of carbonyl (C=O) groups is 1. The molecule has 0 aromatic heterocycles. The van der Waals surface area contributed by atoms with Crippen molar-refractivity contribution in [1.29, 1.82) is 5.41 Å². The maximum absolute atomic E-state index is 11.8. The summed E-state index contributed by atoms with van der Waals surface area (Å²) in [5, 5.41) is 7.55. The van der Waals surface area contributed by atoms with Crippen LogP contribution in [0.15, 0.2) is 0 Å². The molecule has 3 atom stereocenters. The fraction of sp³-hybridized carbons (Fsp3) is 0.833. The van der Waals surface area contributed by atoms with Gasteiger partial charge < -0.3 is 9.47 Å². The highest BCUT2D eigenvalue weighted by Gasteiger charge is 2.41. The van der Waals surface area contributed by atoms with Crippen LogP contribution in [0.4, 0.5) is 0 Å². The zero-order valence-corrected chi connectivity index (χ0v) is 13.2. The van der Waals surface area contributed by atoms with E-state index in [1.165, 1.54) is 0 Å². The molecule has 0 aliphatic heterocycles. The number of esters is 1. The molecule has 1 aliphatic carbocycles. The van der Waals surface area contributed by atoms with Gasteiger partial charge in [0.15, 0.2) is 0 Å². The summed E-state index contributed by atoms with van der Waals surface area (Å²) in [4.78, 5) is 11.8. The zero-order chi connectivity index (χ0) is 14.6. The van der Waals surface area contributed by atoms with Crippen molar-refractivity contribution in [2.45, 2.75) is 43.0 Å². The van der Waals surface area contributed by atoms with Crippen molar-refractivity contribution in [3.63, 3.8) is 0 Å². The molecule has 0 aromatic carbocycles. The van der Waals surface area contributed by atoms with Crippen LogP contribution in [0.25, 0.3) is 0 Å². The van der Waals surface area contributed by atoms with Crippen molar-refractivity contribution in [1.82, 2.24) is 0 Å². The number of hydrogen-bond acceptors (Lipinski definition) is 4. The summed E-state index contributed by atoms with van der Waals surface area (Å²) in [5.74, 6) is -0.618. The molecule has 1 rings (SSSR count). The number of carbonyl (C=O) groups excluding carboxylic acids is 1. The van der Waals surface area contributed by atoms with Crippen LogP contribution in [0.5, 0.6) is 0 Å². The summed E-state index contributed by atoms with van der Waals surface area (Å²) in [6.45, 7) is 4.15. The smallest absolute Gasteiger partial charge is 0.309 e. The minimum absolute atomic E-state index is 0.187. The summed E-state index contributed by atoms with van der Waals surface area (Å²) in [7, 11) is 0. The maximum Gasteiger partial charge on any atom is 0.309 e. The van der Waals surface area contributed by atoms with E-state index < -0.39 is 9.69 Å². The third-order valence-electron chi connectivity index (χ3n) is 3.31. The van der Waals surface area contributed by atoms with Crippen molar-refractivity contribution in [3.8, 4) is 0 Å². The van der Waals surface area contributed by atoms with Gasteiger partial charge in [-0.3, -0.25) is 10.2 Å². The monoisotopic (exact) mass is 329 g/mol. The molecule has 7 heteroatoms. The predicted octanol–water partition coefficient (Wildman–Crippen LogP) is 3.72. The Labute approximate surface area is 128 Å². The first-order valence-electron chi connectivity index (χ1n) is 6.28. The van der Waals surface area contributed by atoms with E-state index in [2.05, 4.69) is 0 Å². The van der Waals surface area contributed by atoms with E-state index in [0.717, 1.165) is 6.42 Å². The molecule has 1 N–H and O–H groups in total. The minimum Gasteiger partial charge on any atom is -0.475 e. The average molecular weight is 331 g/mol. The van der Waals surface area contributed by atoms with Crippen molar-refractivity contribution < 1.29 is 14.3 Å². The second kappa shape index (κ2) is 7.00. The first-order chi connectivity index (χ1) is 8.79. The third kappa shape index (κ3) is 4.69. The molecule has 1 saturated carbocycles. The second-order valence-electron chi connectivity index (χ2n) is 4.57. The Morgan fingerprint density at radius 1 is 1.32 bits per heavy atom. The lowest BCUT2D eigenvalue weighted by molar-refractivity contribution is -0.149. The molecule has 0 spiro atoms. The normalized spacial score (nSPS) is 27.1. The molecule has 1 fully saturated rings. The molecule has 3 unspecified atom stereocenters. The van der Waals surface area contributed by atoms with Gasteiger partial charge in [-0.05, 0) is 25.7 Å². The average Bonchev–Trinajstić information content (AvgIpc) is 2.71. The van der Waals surface area contributed by atoms with Crippen molar-refractivity contribution in [3.05, 3.63) is 0 Å². The highest BCUT2D eigenvalue weighted by Crippen LogP contribution is 2.38. The first kappa shape index (κ1) is 16.9. The predicted molar refractivity (Wildman–Crippen MR) is 76.0 cm³/mol. The van der Waals surface area contributed by atoms with Gasteiger partial charge in [0.25, 0.3) is 3.79 Å². The number of rotatable bonds is 4. The Morgan fingerprint density at radius 2 is 1.95 bits per heavy atom. The van der Waals surface area contributed by atoms with Gasteiger partial charge in [-0.15, -0.1) is 0 Å². The van der Waals surface area contributed by atoms with E-state index in [4.69, 9.17) is 49.7 Å². The van der Waals surface area contributed by atoms with Crippen LogP contribution in [0.1, 0.15) is 33.1 Å². The molecular formula is C12H18Cl3NO3. The molecule has 0 heterocycles. The van der Waals surface area contributed by atoms with E-state index in [1.54, 1.807) is 6.92 Å². The second-order valence-corrected chi connectivity index (χ2v) is 6.85. The summed E-state index contributed by atoms with van der Waals surface area (Å²) in [6.07, 6.45) is 1.75. The van der Waals surface area contributed by atoms with Crippen LogP contribution in [0.3, 0.4) is 0 Å². The summed E-state index contributed by atoms with van der Waals surface area (Å²) in [5.41, 5.74) is 0. The fourth-order valence-corrected chi connectivity index (χ4v) is 2.53. The molecule has 0 radical (unpaired) electrons. The number of hydrogen-bond donors (Lipinski definition) is 1. The van der Waals surface area contributed by atoms with E-state index in [-0.39, 0.29) is 23.9 Å². The highest BCUT2D eigenvalue weighted by atomic mass is 35.6. The van der Waals surface area contributed by atoms with Crippen molar-refractivity contribution >= 4 is 46.7 Å². The quantitative estimate of drug-likeness (QED) is 0.370. The van der Waals surface area contributed by atoms with Gasteiger partial charge in [-0.1, -0.05) is 48.1 Å². The molecule has 19 heavy (non-hydrogen) atoms. The fourth-order valence-electron chi connectivity index (χ4n) is 2.39. The minimum atomic E-state index is -1.86. The SMILES string of the molecule is CCOC(=O)C1CC(OC(=N)C(Cl)(Cl)Cl)CC1CC. The Balaban J connectivity index is 2.61. The van der Waals surface area contributed by atoms with Crippen LogP contribution in [-0.2, 0) is 14.3 Å². The molecule has 4 nitrogen and oxygen atoms in total. The van der Waals surface area contributed by atoms with E-state index >= 15 is 0 Å². The maximum atomic E-state index is 11.8. The van der Waals surface area contributed by atoms with Crippen LogP contribution in [0, 0.1) is 17.2 Å². The van der Waals surface area contributed by atoms with Gasteiger partial charge in [-0.25, -0.2) is 0 Å². The van der Waals surface area contributed by atoms with Crippen LogP contribution in [0.2, 0.25) is 0 Å². The molecular weight excluding hydrogens is 312 g/mol. The molecule has 110 valence electrons. The van der Waals surface area contributed by atoms with Crippen LogP contribution >= 0.6 is 34.8 Å². The molecule has 1 aliphatic rings. The first-order valence-corrected chi connectivity index (χ1v) is 7.42. The summed E-state index contributed by atoms with van der Waals surface area (Å²) in [6, 6.07) is 0. The zero-order valence-electron chi connectivity index (χ0n) is 10.9. The topological polar surface area (TPSA) is 59.4 Å². The van der Waals surface area contributed by atoms with Gasteiger partial charge in [0.1, 0.15) is 6.10 Å². The van der Waals surface area contributed by atoms with Crippen LogP contribution < -0.4 is 0 Å². The Kier molecular flexibility index (Phi) is 6.21. The van der Waals surface area contributed by atoms with Crippen LogP contribution in [-0.4, -0.2) is 28.4 Å². The largest absolute Gasteiger partial charge is 0.475 e. The highest BCUT2D eigenvalue weighted by molar-refractivity contribution is 6.76. The standard InChI is InChI=1S/C12H18Cl3NO3/c1-3-7-5-8(19-11(16)12(13,14)15)6-9(7)10(17)18-4-2/h7-9,16H,3-6H2,1-2H3. The number of ether oxygens (including phenoxy) is 2. The molecule has 0 saturated heterocycles. The number of halogens is 3. The Bertz CT molecular complexity index is 344. The number of nitrogens with one attached hydrogen (secondary N) is 1. The molecule has 0 amide bonds. The van der Waals surface area contributed by atoms with Gasteiger partial charge in [0.2, 0.25) is 5.90 Å². The Morgan fingerprint density at radius 3 is 2.42 bits per heavy atom. The molecule has 0 bridgehead atoms. The molecule has 0 aromatic rings. The van der Waals surface area contributed by atoms with E-state index in [1.807, 2.05) is 6.92 Å². The lowest BCUT2D eigenvalue weighted by Crippen LogP contribution is -2.26. The van der Waals surface area contributed by atoms with Crippen molar-refractivity contribution in [2.24, 2.45) is 11.8 Å². The third-order valence-corrected chi connectivity index (χ3v) is 3.82. The number of alkyl halides is 3. The lowest BCUT2D eigenvalue weighted by atomic mass is 9.94. The van der Waals surface area contributed by atoms with Crippen molar-refractivity contribution in [2.75, 3.05) is 6.61 Å². The van der Waals surface area contributed by atoms with Gasteiger partial charge in [0, 0.05) is 0 Å².